The molecule has 0 saturated heterocycles. The van der Waals surface area contributed by atoms with Crippen LogP contribution in [-0.2, 0) is 0 Å². The number of hydrogen-bond acceptors (Lipinski definition) is 4. The van der Waals surface area contributed by atoms with Crippen molar-refractivity contribution >= 4 is 35.6 Å². The molecule has 0 aliphatic rings. The van der Waals surface area contributed by atoms with Crippen LogP contribution in [0.3, 0.4) is 0 Å². The van der Waals surface area contributed by atoms with Gasteiger partial charge in [-0.2, -0.15) is 0 Å². The van der Waals surface area contributed by atoms with Crippen molar-refractivity contribution < 1.29 is 9.47 Å². The predicted molar refractivity (Wildman–Crippen MR) is 102 cm³/mol. The van der Waals surface area contributed by atoms with E-state index in [4.69, 9.17) is 21.1 Å². The van der Waals surface area contributed by atoms with Crippen LogP contribution in [0.15, 0.2) is 52.4 Å². The summed E-state index contributed by atoms with van der Waals surface area (Å²) in [6.45, 7) is 5.11. The summed E-state index contributed by atoms with van der Waals surface area (Å²) in [5.41, 5.74) is 0.742. The zero-order chi connectivity index (χ0) is 17.4. The smallest absolute Gasteiger partial charge is 0.145 e. The van der Waals surface area contributed by atoms with Crippen molar-refractivity contribution in [3.05, 3.63) is 47.5 Å². The molecule has 2 aromatic carbocycles. The third kappa shape index (κ3) is 5.65. The Morgan fingerprint density at radius 3 is 2.46 bits per heavy atom. The topological polar surface area (TPSA) is 34.1 Å². The van der Waals surface area contributed by atoms with Crippen molar-refractivity contribution in [2.75, 3.05) is 20.3 Å². The number of nitrogens with zero attached hydrogens (tertiary/aromatic N) is 2. The quantitative estimate of drug-likeness (QED) is 0.355. The Labute approximate surface area is 152 Å². The molecule has 0 N–H and O–H groups in total. The highest BCUT2D eigenvalue weighted by atomic mass is 35.5. The molecule has 0 fully saturated rings. The van der Waals surface area contributed by atoms with E-state index in [9.17, 15) is 0 Å². The molecule has 128 valence electrons. The van der Waals surface area contributed by atoms with Crippen molar-refractivity contribution in [1.29, 1.82) is 0 Å². The second-order valence-electron chi connectivity index (χ2n) is 4.83. The lowest BCUT2D eigenvalue weighted by atomic mass is 10.3. The van der Waals surface area contributed by atoms with Gasteiger partial charge in [-0.25, -0.2) is 4.99 Å². The Balaban J connectivity index is 2.10. The molecule has 0 radical (unpaired) electrons. The lowest BCUT2D eigenvalue weighted by Crippen LogP contribution is -2.05. The summed E-state index contributed by atoms with van der Waals surface area (Å²) in [4.78, 5) is 5.62. The van der Waals surface area contributed by atoms with E-state index in [1.54, 1.807) is 18.3 Å². The Morgan fingerprint density at radius 2 is 1.79 bits per heavy atom. The van der Waals surface area contributed by atoms with Crippen LogP contribution in [0, 0.1) is 0 Å². The highest BCUT2D eigenvalue weighted by Gasteiger charge is 2.05. The SMILES string of the molecule is CCOc1ccc(OCC)c(N=CN(C)Sc2ccc(Cl)cc2)c1. The minimum Gasteiger partial charge on any atom is -0.494 e. The average Bonchev–Trinajstić information content (AvgIpc) is 2.57. The first-order valence-corrected chi connectivity index (χ1v) is 8.87. The summed E-state index contributed by atoms with van der Waals surface area (Å²) >= 11 is 7.46. The van der Waals surface area contributed by atoms with Crippen LogP contribution < -0.4 is 9.47 Å². The van der Waals surface area contributed by atoms with Gasteiger partial charge in [0.05, 0.1) is 13.2 Å². The number of hydrogen-bond donors (Lipinski definition) is 0. The highest BCUT2D eigenvalue weighted by Crippen LogP contribution is 2.32. The maximum absolute atomic E-state index is 5.90. The van der Waals surface area contributed by atoms with Crippen molar-refractivity contribution in [3.8, 4) is 11.5 Å². The van der Waals surface area contributed by atoms with Crippen molar-refractivity contribution in [2.24, 2.45) is 4.99 Å². The van der Waals surface area contributed by atoms with Crippen LogP contribution in [0.2, 0.25) is 5.02 Å². The van der Waals surface area contributed by atoms with Gasteiger partial charge in [-0.15, -0.1) is 0 Å². The van der Waals surface area contributed by atoms with Gasteiger partial charge >= 0.3 is 0 Å². The summed E-state index contributed by atoms with van der Waals surface area (Å²) in [6, 6.07) is 13.3. The summed E-state index contributed by atoms with van der Waals surface area (Å²) in [5.74, 6) is 1.52. The lowest BCUT2D eigenvalue weighted by Gasteiger charge is -2.13. The van der Waals surface area contributed by atoms with Crippen molar-refractivity contribution in [1.82, 2.24) is 4.31 Å². The predicted octanol–water partition coefficient (Wildman–Crippen LogP) is 5.44. The van der Waals surface area contributed by atoms with Crippen molar-refractivity contribution in [2.45, 2.75) is 18.7 Å². The molecule has 2 rings (SSSR count). The molecule has 6 heteroatoms. The first-order chi connectivity index (χ1) is 11.6. The molecule has 0 atom stereocenters. The minimum atomic E-state index is 0.589. The molecule has 0 aliphatic heterocycles. The third-order valence-electron chi connectivity index (χ3n) is 2.96. The summed E-state index contributed by atoms with van der Waals surface area (Å²) in [7, 11) is 1.94. The van der Waals surface area contributed by atoms with Gasteiger partial charge in [0, 0.05) is 23.0 Å². The first-order valence-electron chi connectivity index (χ1n) is 7.72. The van der Waals surface area contributed by atoms with Gasteiger partial charge in [-0.05, 0) is 62.2 Å². The van der Waals surface area contributed by atoms with E-state index in [0.29, 0.717) is 13.2 Å². The van der Waals surface area contributed by atoms with Gasteiger partial charge in [0.1, 0.15) is 23.5 Å². The van der Waals surface area contributed by atoms with Crippen molar-refractivity contribution in [3.63, 3.8) is 0 Å². The number of halogens is 1. The summed E-state index contributed by atoms with van der Waals surface area (Å²) < 4.78 is 13.1. The number of benzene rings is 2. The number of aliphatic imine (C=N–C) groups is 1. The molecular formula is C18H21ClN2O2S. The molecule has 24 heavy (non-hydrogen) atoms. The van der Waals surface area contributed by atoms with Crippen LogP contribution in [0.4, 0.5) is 5.69 Å². The van der Waals surface area contributed by atoms with Crippen LogP contribution in [0.1, 0.15) is 13.8 Å². The summed E-state index contributed by atoms with van der Waals surface area (Å²) in [5, 5.41) is 0.727. The van der Waals surface area contributed by atoms with Crippen LogP contribution in [-0.4, -0.2) is 30.9 Å². The molecule has 0 aliphatic carbocycles. The fraction of sp³-hybridized carbons (Fsp3) is 0.278. The molecule has 0 bridgehead atoms. The van der Waals surface area contributed by atoms with E-state index in [2.05, 4.69) is 4.99 Å². The molecule has 4 nitrogen and oxygen atoms in total. The highest BCUT2D eigenvalue weighted by molar-refractivity contribution is 7.97. The number of ether oxygens (including phenoxy) is 2. The van der Waals surface area contributed by atoms with Crippen LogP contribution in [0.25, 0.3) is 0 Å². The molecule has 0 aromatic heterocycles. The molecule has 0 heterocycles. The van der Waals surface area contributed by atoms with Gasteiger partial charge in [-0.1, -0.05) is 11.6 Å². The first kappa shape index (κ1) is 18.5. The second kappa shape index (κ2) is 9.45. The molecule has 0 unspecified atom stereocenters. The average molecular weight is 365 g/mol. The van der Waals surface area contributed by atoms with E-state index < -0.39 is 0 Å². The van der Waals surface area contributed by atoms with E-state index in [1.165, 1.54) is 0 Å². The third-order valence-corrected chi connectivity index (χ3v) is 4.08. The standard InChI is InChI=1S/C18H21ClN2O2S/c1-4-22-15-8-11-18(23-5-2)17(12-15)20-13-21(3)24-16-9-6-14(19)7-10-16/h6-13H,4-5H2,1-3H3. The Bertz CT molecular complexity index is 677. The maximum Gasteiger partial charge on any atom is 0.145 e. The largest absolute Gasteiger partial charge is 0.494 e. The fourth-order valence-electron chi connectivity index (χ4n) is 1.96. The van der Waals surface area contributed by atoms with E-state index in [-0.39, 0.29) is 0 Å². The van der Waals surface area contributed by atoms with Gasteiger partial charge in [0.15, 0.2) is 0 Å². The Morgan fingerprint density at radius 1 is 1.08 bits per heavy atom. The second-order valence-corrected chi connectivity index (χ2v) is 6.50. The lowest BCUT2D eigenvalue weighted by molar-refractivity contribution is 0.331. The maximum atomic E-state index is 5.90. The van der Waals surface area contributed by atoms with E-state index >= 15 is 0 Å². The zero-order valence-corrected chi connectivity index (χ0v) is 15.6. The monoisotopic (exact) mass is 364 g/mol. The van der Waals surface area contributed by atoms with Gasteiger partial charge in [-0.3, -0.25) is 0 Å². The fourth-order valence-corrected chi connectivity index (χ4v) is 2.77. The van der Waals surface area contributed by atoms with E-state index in [1.807, 2.05) is 67.7 Å². The molecule has 2 aromatic rings. The molecule has 0 spiro atoms. The van der Waals surface area contributed by atoms with Crippen LogP contribution in [0.5, 0.6) is 11.5 Å². The molecule has 0 amide bonds. The number of rotatable bonds is 8. The normalized spacial score (nSPS) is 10.8. The van der Waals surface area contributed by atoms with Crippen LogP contribution >= 0.6 is 23.5 Å². The van der Waals surface area contributed by atoms with Gasteiger partial charge in [0.2, 0.25) is 0 Å². The minimum absolute atomic E-state index is 0.589. The van der Waals surface area contributed by atoms with Gasteiger partial charge in [0.25, 0.3) is 0 Å². The zero-order valence-electron chi connectivity index (χ0n) is 14.0. The summed E-state index contributed by atoms with van der Waals surface area (Å²) in [6.07, 6.45) is 1.76. The molecule has 0 saturated carbocycles. The Hall–Kier alpha value is -1.85. The van der Waals surface area contributed by atoms with E-state index in [0.717, 1.165) is 27.1 Å². The van der Waals surface area contributed by atoms with Gasteiger partial charge < -0.3 is 13.8 Å². The Kier molecular flexibility index (Phi) is 7.28. The molecular weight excluding hydrogens is 344 g/mol.